The number of rotatable bonds is 4. The first-order chi connectivity index (χ1) is 6.89. The van der Waals surface area contributed by atoms with Crippen molar-refractivity contribution in [1.82, 2.24) is 0 Å². The van der Waals surface area contributed by atoms with E-state index in [1.807, 2.05) is 0 Å². The molecule has 4 N–H and O–H groups in total. The van der Waals surface area contributed by atoms with Crippen LogP contribution in [-0.2, 0) is 29.8 Å². The molecule has 12 heteroatoms. The van der Waals surface area contributed by atoms with Gasteiger partial charge in [-0.15, -0.1) is 0 Å². The highest BCUT2D eigenvalue weighted by molar-refractivity contribution is 7.95. The van der Waals surface area contributed by atoms with E-state index in [1.54, 1.807) is 0 Å². The maximum Gasteiger partial charge on any atom is 0.351 e. The summed E-state index contributed by atoms with van der Waals surface area (Å²) in [5, 5.41) is 16.5. The van der Waals surface area contributed by atoms with Gasteiger partial charge in [0.2, 0.25) is 9.81 Å². The summed E-state index contributed by atoms with van der Waals surface area (Å²) in [6, 6.07) is 0. The fourth-order valence-electron chi connectivity index (χ4n) is 0.649. The molecule has 0 atom stereocenters. The Labute approximate surface area is 88.3 Å². The van der Waals surface area contributed by atoms with E-state index in [9.17, 15) is 26.4 Å². The maximum atomic E-state index is 10.4. The Morgan fingerprint density at radius 3 is 0.938 bits per heavy atom. The molecule has 10 nitrogen and oxygen atoms in total. The number of aliphatic carboxylic acids is 2. The molecule has 0 aliphatic carbocycles. The van der Waals surface area contributed by atoms with E-state index in [2.05, 4.69) is 0 Å². The molecule has 0 rings (SSSR count). The van der Waals surface area contributed by atoms with Gasteiger partial charge in [-0.1, -0.05) is 0 Å². The Hall–Kier alpha value is -1.50. The van der Waals surface area contributed by atoms with E-state index in [0.29, 0.717) is 0 Å². The minimum Gasteiger partial charge on any atom is -0.477 e. The summed E-state index contributed by atoms with van der Waals surface area (Å²) < 4.78 is 58.4. The van der Waals surface area contributed by atoms with Crippen LogP contribution in [0.25, 0.3) is 0 Å². The number of hydrogen-bond acceptors (Lipinski definition) is 6. The molecular weight excluding hydrogens is 272 g/mol. The maximum absolute atomic E-state index is 10.4. The van der Waals surface area contributed by atoms with Crippen LogP contribution in [-0.4, -0.2) is 48.1 Å². The Balaban J connectivity index is 6.58. The third-order valence-electron chi connectivity index (χ3n) is 1.11. The van der Waals surface area contributed by atoms with Gasteiger partial charge in [-0.3, -0.25) is 9.11 Å². The van der Waals surface area contributed by atoms with Crippen LogP contribution >= 0.6 is 0 Å². The molecule has 16 heavy (non-hydrogen) atoms. The second-order valence-corrected chi connectivity index (χ2v) is 4.94. The summed E-state index contributed by atoms with van der Waals surface area (Å²) in [5.74, 6) is -5.09. The van der Waals surface area contributed by atoms with Crippen LogP contribution in [0.15, 0.2) is 9.81 Å². The molecule has 0 fully saturated rings. The first-order valence-corrected chi connectivity index (χ1v) is 5.93. The Morgan fingerprint density at radius 2 is 0.875 bits per heavy atom. The summed E-state index contributed by atoms with van der Waals surface area (Å²) in [5.41, 5.74) is 0. The molecule has 0 bridgehead atoms. The van der Waals surface area contributed by atoms with Crippen molar-refractivity contribution in [3.8, 4) is 0 Å². The average Bonchev–Trinajstić information content (AvgIpc) is 1.92. The fourth-order valence-corrected chi connectivity index (χ4v) is 2.37. The zero-order valence-corrected chi connectivity index (χ0v) is 8.69. The smallest absolute Gasteiger partial charge is 0.351 e. The molecular formula is C4H4O10S2. The topological polar surface area (TPSA) is 183 Å². The van der Waals surface area contributed by atoms with Crippen molar-refractivity contribution in [2.75, 3.05) is 0 Å². The molecule has 0 unspecified atom stereocenters. The lowest BCUT2D eigenvalue weighted by Crippen LogP contribution is -2.23. The second-order valence-electron chi connectivity index (χ2n) is 2.22. The van der Waals surface area contributed by atoms with E-state index in [0.717, 1.165) is 0 Å². The standard InChI is InChI=1S/C4H4O10S2/c5-3(6)1(15(9,10)11)2(4(7)8)16(12,13)14/h(H,5,6)(H,7,8)(H,9,10,11)(H,12,13,14). The van der Waals surface area contributed by atoms with Crippen LogP contribution in [0, 0.1) is 0 Å². The molecule has 0 aliphatic heterocycles. The van der Waals surface area contributed by atoms with Crippen LogP contribution in [0.3, 0.4) is 0 Å². The molecule has 0 amide bonds. The normalized spacial score (nSPS) is 14.1. The molecule has 0 saturated heterocycles. The van der Waals surface area contributed by atoms with Gasteiger partial charge in [0.1, 0.15) is 0 Å². The van der Waals surface area contributed by atoms with Crippen LogP contribution in [0.1, 0.15) is 0 Å². The zero-order valence-electron chi connectivity index (χ0n) is 7.05. The van der Waals surface area contributed by atoms with Crippen molar-refractivity contribution < 1.29 is 45.7 Å². The van der Waals surface area contributed by atoms with Crippen molar-refractivity contribution in [3.05, 3.63) is 9.81 Å². The molecule has 0 aromatic carbocycles. The molecule has 0 heterocycles. The molecule has 0 spiro atoms. The molecule has 0 aliphatic rings. The highest BCUT2D eigenvalue weighted by atomic mass is 32.2. The summed E-state index contributed by atoms with van der Waals surface area (Å²) in [6.07, 6.45) is 0. The zero-order chi connectivity index (χ0) is 13.3. The number of carboxylic acids is 2. The van der Waals surface area contributed by atoms with Crippen molar-refractivity contribution in [3.63, 3.8) is 0 Å². The number of hydrogen-bond donors (Lipinski definition) is 4. The van der Waals surface area contributed by atoms with Gasteiger partial charge in [-0.25, -0.2) is 9.59 Å². The summed E-state index contributed by atoms with van der Waals surface area (Å²) in [7, 11) is -11.3. The van der Waals surface area contributed by atoms with E-state index in [4.69, 9.17) is 19.3 Å². The highest BCUT2D eigenvalue weighted by Crippen LogP contribution is 2.16. The predicted octanol–water partition coefficient (Wildman–Crippen LogP) is -1.86. The quantitative estimate of drug-likeness (QED) is 0.335. The lowest BCUT2D eigenvalue weighted by atomic mass is 10.5. The minimum atomic E-state index is -5.63. The van der Waals surface area contributed by atoms with E-state index in [-0.39, 0.29) is 0 Å². The van der Waals surface area contributed by atoms with E-state index < -0.39 is 42.0 Å². The van der Waals surface area contributed by atoms with Gasteiger partial charge < -0.3 is 10.2 Å². The van der Waals surface area contributed by atoms with Gasteiger partial charge in [-0.2, -0.15) is 16.8 Å². The average molecular weight is 276 g/mol. The number of carbonyl (C=O) groups is 2. The SMILES string of the molecule is O=C(O)C(=C(C(=O)O)S(=O)(=O)O)S(=O)(=O)O. The van der Waals surface area contributed by atoms with Crippen molar-refractivity contribution in [2.24, 2.45) is 0 Å². The van der Waals surface area contributed by atoms with Crippen molar-refractivity contribution in [1.29, 1.82) is 0 Å². The van der Waals surface area contributed by atoms with Gasteiger partial charge in [0.15, 0.2) is 0 Å². The number of carboxylic acid groups (broad SMARTS) is 2. The van der Waals surface area contributed by atoms with Crippen LogP contribution in [0.5, 0.6) is 0 Å². The predicted molar refractivity (Wildman–Crippen MR) is 45.4 cm³/mol. The fraction of sp³-hybridized carbons (Fsp3) is 0. The lowest BCUT2D eigenvalue weighted by molar-refractivity contribution is -0.134. The summed E-state index contributed by atoms with van der Waals surface area (Å²) in [4.78, 5) is 15.9. The highest BCUT2D eigenvalue weighted by Gasteiger charge is 2.37. The molecule has 0 aromatic rings. The van der Waals surface area contributed by atoms with Crippen LogP contribution in [0.4, 0.5) is 0 Å². The van der Waals surface area contributed by atoms with Crippen LogP contribution < -0.4 is 0 Å². The third-order valence-corrected chi connectivity index (χ3v) is 3.03. The lowest BCUT2D eigenvalue weighted by Gasteiger charge is -2.02. The Kier molecular flexibility index (Phi) is 3.78. The monoisotopic (exact) mass is 276 g/mol. The van der Waals surface area contributed by atoms with Crippen LogP contribution in [0.2, 0.25) is 0 Å². The minimum absolute atomic E-state index is 2.34. The van der Waals surface area contributed by atoms with Gasteiger partial charge in [0.05, 0.1) is 0 Å². The second kappa shape index (κ2) is 4.17. The van der Waals surface area contributed by atoms with Crippen molar-refractivity contribution in [2.45, 2.75) is 0 Å². The van der Waals surface area contributed by atoms with Gasteiger partial charge in [-0.05, 0) is 0 Å². The molecule has 92 valence electrons. The largest absolute Gasteiger partial charge is 0.477 e. The first-order valence-electron chi connectivity index (χ1n) is 3.05. The van der Waals surface area contributed by atoms with Gasteiger partial charge in [0.25, 0.3) is 0 Å². The molecule has 0 saturated carbocycles. The summed E-state index contributed by atoms with van der Waals surface area (Å²) in [6.45, 7) is 0. The Morgan fingerprint density at radius 1 is 0.688 bits per heavy atom. The third kappa shape index (κ3) is 3.27. The molecule has 0 radical (unpaired) electrons. The Bertz CT molecular complexity index is 508. The van der Waals surface area contributed by atoms with Gasteiger partial charge in [0, 0.05) is 0 Å². The van der Waals surface area contributed by atoms with E-state index >= 15 is 0 Å². The molecule has 0 aromatic heterocycles. The summed E-state index contributed by atoms with van der Waals surface area (Å²) >= 11 is 0. The van der Waals surface area contributed by atoms with Crippen molar-refractivity contribution >= 4 is 32.2 Å². The first kappa shape index (κ1) is 14.5. The van der Waals surface area contributed by atoms with E-state index in [1.165, 1.54) is 0 Å². The van der Waals surface area contributed by atoms with Gasteiger partial charge >= 0.3 is 32.2 Å².